The molecule has 0 spiro atoms. The van der Waals surface area contributed by atoms with Gasteiger partial charge in [0.25, 0.3) is 0 Å². The largest absolute Gasteiger partial charge is 0.360 e. The molecule has 0 saturated heterocycles. The van der Waals surface area contributed by atoms with E-state index in [4.69, 9.17) is 11.6 Å². The quantitative estimate of drug-likeness (QED) is 0.348. The Morgan fingerprint density at radius 3 is 2.76 bits per heavy atom. The van der Waals surface area contributed by atoms with Crippen molar-refractivity contribution in [1.82, 2.24) is 9.97 Å². The number of rotatable bonds is 4. The smallest absolute Gasteiger partial charge is 0.197 e. The molecule has 5 heteroatoms. The van der Waals surface area contributed by atoms with E-state index in [1.807, 2.05) is 66.7 Å². The van der Waals surface area contributed by atoms with E-state index in [1.54, 1.807) is 18.5 Å². The minimum absolute atomic E-state index is 0.0657. The summed E-state index contributed by atoms with van der Waals surface area (Å²) in [6.45, 7) is 0. The van der Waals surface area contributed by atoms with Gasteiger partial charge in [-0.25, -0.2) is 0 Å². The van der Waals surface area contributed by atoms with Crippen molar-refractivity contribution in [3.8, 4) is 0 Å². The lowest BCUT2D eigenvalue weighted by Gasteiger charge is -2.12. The molecule has 0 aliphatic rings. The monoisotopic (exact) mass is 397 g/mol. The number of para-hydroxylation sites is 1. The number of carbonyl (C=O) groups excluding carboxylic acids is 1. The molecule has 0 bridgehead atoms. The van der Waals surface area contributed by atoms with Crippen LogP contribution in [0.25, 0.3) is 21.8 Å². The number of aromatic nitrogens is 2. The molecule has 29 heavy (non-hydrogen) atoms. The summed E-state index contributed by atoms with van der Waals surface area (Å²) in [5, 5.41) is 5.83. The van der Waals surface area contributed by atoms with Crippen LogP contribution in [-0.4, -0.2) is 15.8 Å². The third kappa shape index (κ3) is 3.24. The van der Waals surface area contributed by atoms with E-state index in [-0.39, 0.29) is 5.78 Å². The molecule has 2 aromatic heterocycles. The maximum atomic E-state index is 13.3. The molecule has 0 unspecified atom stereocenters. The molecule has 0 atom stereocenters. The summed E-state index contributed by atoms with van der Waals surface area (Å²) >= 11 is 6.14. The highest BCUT2D eigenvalue weighted by atomic mass is 35.5. The summed E-state index contributed by atoms with van der Waals surface area (Å²) in [4.78, 5) is 20.8. The zero-order chi connectivity index (χ0) is 19.8. The van der Waals surface area contributed by atoms with Crippen LogP contribution in [0, 0.1) is 0 Å². The normalized spacial score (nSPS) is 11.1. The van der Waals surface area contributed by atoms with Crippen molar-refractivity contribution in [2.24, 2.45) is 0 Å². The highest BCUT2D eigenvalue weighted by Gasteiger charge is 2.17. The second-order valence-corrected chi connectivity index (χ2v) is 7.24. The Kier molecular flexibility index (Phi) is 4.26. The average molecular weight is 398 g/mol. The van der Waals surface area contributed by atoms with Crippen molar-refractivity contribution in [2.45, 2.75) is 0 Å². The first-order valence-electron chi connectivity index (χ1n) is 9.21. The van der Waals surface area contributed by atoms with Gasteiger partial charge in [0.1, 0.15) is 0 Å². The molecule has 2 heterocycles. The molecular formula is C24H16ClN3O. The van der Waals surface area contributed by atoms with Gasteiger partial charge in [-0.2, -0.15) is 0 Å². The number of ketones is 1. The van der Waals surface area contributed by atoms with Crippen molar-refractivity contribution in [3.63, 3.8) is 0 Å². The predicted molar refractivity (Wildman–Crippen MR) is 118 cm³/mol. The van der Waals surface area contributed by atoms with Crippen LogP contribution < -0.4 is 5.32 Å². The fourth-order valence-corrected chi connectivity index (χ4v) is 3.70. The number of hydrogen-bond acceptors (Lipinski definition) is 3. The van der Waals surface area contributed by atoms with Crippen LogP contribution in [0.5, 0.6) is 0 Å². The van der Waals surface area contributed by atoms with Gasteiger partial charge in [0.05, 0.1) is 5.52 Å². The third-order valence-corrected chi connectivity index (χ3v) is 5.18. The second-order valence-electron chi connectivity index (χ2n) is 6.80. The number of benzene rings is 3. The van der Waals surface area contributed by atoms with Crippen LogP contribution >= 0.6 is 11.6 Å². The van der Waals surface area contributed by atoms with Gasteiger partial charge in [0, 0.05) is 56.2 Å². The molecule has 2 N–H and O–H groups in total. The van der Waals surface area contributed by atoms with Crippen molar-refractivity contribution >= 4 is 50.6 Å². The van der Waals surface area contributed by atoms with Gasteiger partial charge in [-0.15, -0.1) is 0 Å². The summed E-state index contributed by atoms with van der Waals surface area (Å²) in [6.07, 6.45) is 3.51. The number of nitrogens with one attached hydrogen (secondary N) is 2. The number of pyridine rings is 1. The predicted octanol–water partition coefficient (Wildman–Crippen LogP) is 6.34. The summed E-state index contributed by atoms with van der Waals surface area (Å²) in [5.41, 5.74) is 4.65. The molecule has 4 nitrogen and oxygen atoms in total. The Labute approximate surface area is 172 Å². The maximum Gasteiger partial charge on any atom is 0.197 e. The van der Waals surface area contributed by atoms with Gasteiger partial charge in [0.2, 0.25) is 0 Å². The van der Waals surface area contributed by atoms with Crippen molar-refractivity contribution in [3.05, 3.63) is 101 Å². The van der Waals surface area contributed by atoms with Crippen LogP contribution in [0.3, 0.4) is 0 Å². The Balaban J connectivity index is 1.54. The number of anilines is 2. The van der Waals surface area contributed by atoms with E-state index in [2.05, 4.69) is 15.3 Å². The second kappa shape index (κ2) is 7.08. The molecule has 0 radical (unpaired) electrons. The fourth-order valence-electron chi connectivity index (χ4n) is 3.52. The number of fused-ring (bicyclic) bond motifs is 2. The van der Waals surface area contributed by atoms with Gasteiger partial charge < -0.3 is 10.3 Å². The number of nitrogens with zero attached hydrogens (tertiary/aromatic N) is 1. The lowest BCUT2D eigenvalue weighted by molar-refractivity contribution is 0.104. The topological polar surface area (TPSA) is 57.8 Å². The average Bonchev–Trinajstić information content (AvgIpc) is 3.16. The van der Waals surface area contributed by atoms with E-state index in [9.17, 15) is 4.79 Å². The zero-order valence-electron chi connectivity index (χ0n) is 15.3. The number of carbonyl (C=O) groups is 1. The first-order chi connectivity index (χ1) is 14.2. The molecule has 3 aromatic carbocycles. The van der Waals surface area contributed by atoms with Crippen molar-refractivity contribution < 1.29 is 4.79 Å². The Hall–Kier alpha value is -3.63. The van der Waals surface area contributed by atoms with E-state index in [0.29, 0.717) is 16.1 Å². The molecular weight excluding hydrogens is 382 g/mol. The summed E-state index contributed by atoms with van der Waals surface area (Å²) in [6, 6.07) is 22.9. The molecule has 140 valence electrons. The summed E-state index contributed by atoms with van der Waals surface area (Å²) in [5.74, 6) is -0.0657. The molecule has 0 aliphatic carbocycles. The number of aromatic amines is 1. The van der Waals surface area contributed by atoms with E-state index in [1.165, 1.54) is 0 Å². The molecule has 5 rings (SSSR count). The van der Waals surface area contributed by atoms with Gasteiger partial charge in [-0.3, -0.25) is 9.78 Å². The van der Waals surface area contributed by atoms with E-state index in [0.717, 1.165) is 33.2 Å². The van der Waals surface area contributed by atoms with E-state index < -0.39 is 0 Å². The van der Waals surface area contributed by atoms with Gasteiger partial charge in [-0.05, 0) is 54.6 Å². The molecule has 0 saturated carbocycles. The number of hydrogen-bond donors (Lipinski definition) is 2. The molecule has 5 aromatic rings. The number of H-pyrrole nitrogens is 1. The third-order valence-electron chi connectivity index (χ3n) is 4.94. The lowest BCUT2D eigenvalue weighted by Crippen LogP contribution is -2.05. The highest BCUT2D eigenvalue weighted by molar-refractivity contribution is 6.31. The maximum absolute atomic E-state index is 13.3. The minimum atomic E-state index is -0.0657. The lowest BCUT2D eigenvalue weighted by atomic mass is 10.0. The molecule has 0 aliphatic heterocycles. The SMILES string of the molecule is O=C(c1ccccc1Nc1ccc2ncccc2c1)c1c[nH]c2ccc(Cl)cc12. The van der Waals surface area contributed by atoms with E-state index >= 15 is 0 Å². The van der Waals surface area contributed by atoms with Gasteiger partial charge in [-0.1, -0.05) is 29.8 Å². The Morgan fingerprint density at radius 2 is 1.83 bits per heavy atom. The molecule has 0 amide bonds. The van der Waals surface area contributed by atoms with Crippen molar-refractivity contribution in [2.75, 3.05) is 5.32 Å². The van der Waals surface area contributed by atoms with Crippen molar-refractivity contribution in [1.29, 1.82) is 0 Å². The minimum Gasteiger partial charge on any atom is -0.360 e. The van der Waals surface area contributed by atoms with Crippen LogP contribution in [0.2, 0.25) is 5.02 Å². The Bertz CT molecular complexity index is 1370. The highest BCUT2D eigenvalue weighted by Crippen LogP contribution is 2.29. The van der Waals surface area contributed by atoms with Gasteiger partial charge in [0.15, 0.2) is 5.78 Å². The zero-order valence-corrected chi connectivity index (χ0v) is 16.1. The van der Waals surface area contributed by atoms with Crippen LogP contribution in [0.1, 0.15) is 15.9 Å². The number of halogens is 1. The first-order valence-corrected chi connectivity index (χ1v) is 9.59. The van der Waals surface area contributed by atoms with Crippen LogP contribution in [0.4, 0.5) is 11.4 Å². The van der Waals surface area contributed by atoms with Crippen LogP contribution in [0.15, 0.2) is 85.2 Å². The summed E-state index contributed by atoms with van der Waals surface area (Å²) < 4.78 is 0. The fraction of sp³-hybridized carbons (Fsp3) is 0. The molecule has 0 fully saturated rings. The first kappa shape index (κ1) is 17.5. The van der Waals surface area contributed by atoms with Gasteiger partial charge >= 0.3 is 0 Å². The standard InChI is InChI=1S/C24H16ClN3O/c25-16-7-9-22-19(13-16)20(14-27-22)24(29)18-5-1-2-6-23(18)28-17-8-10-21-15(12-17)4-3-11-26-21/h1-14,27-28H. The van der Waals surface area contributed by atoms with Crippen LogP contribution in [-0.2, 0) is 0 Å². The Morgan fingerprint density at radius 1 is 0.931 bits per heavy atom. The summed E-state index contributed by atoms with van der Waals surface area (Å²) in [7, 11) is 0.